The van der Waals surface area contributed by atoms with E-state index >= 15 is 0 Å². The van der Waals surface area contributed by atoms with Gasteiger partial charge in [-0.3, -0.25) is 4.68 Å². The molecule has 2 aromatic rings. The van der Waals surface area contributed by atoms with Crippen molar-refractivity contribution in [1.29, 1.82) is 0 Å². The zero-order valence-electron chi connectivity index (χ0n) is 9.21. The number of aromatic nitrogens is 4. The van der Waals surface area contributed by atoms with Crippen LogP contribution in [0.15, 0.2) is 24.5 Å². The lowest BCUT2D eigenvalue weighted by molar-refractivity contribution is 0.398. The van der Waals surface area contributed by atoms with E-state index in [9.17, 15) is 0 Å². The molecule has 0 amide bonds. The summed E-state index contributed by atoms with van der Waals surface area (Å²) < 4.78 is 6.69. The number of methoxy groups -OCH3 is 1. The van der Waals surface area contributed by atoms with E-state index < -0.39 is 0 Å². The van der Waals surface area contributed by atoms with Crippen LogP contribution in [0.5, 0.6) is 5.88 Å². The summed E-state index contributed by atoms with van der Waals surface area (Å²) in [5.41, 5.74) is 0. The summed E-state index contributed by atoms with van der Waals surface area (Å²) in [5.74, 6) is 2.05. The smallest absolute Gasteiger partial charge is 0.214 e. The van der Waals surface area contributed by atoms with Crippen molar-refractivity contribution in [1.82, 2.24) is 19.7 Å². The van der Waals surface area contributed by atoms with Crippen LogP contribution in [0, 0.1) is 0 Å². The Balaban J connectivity index is 1.99. The molecular weight excluding hydrogens is 206 g/mol. The Hall–Kier alpha value is -2.11. The highest BCUT2D eigenvalue weighted by atomic mass is 16.5. The number of nitrogens with one attached hydrogen (secondary N) is 1. The topological polar surface area (TPSA) is 64.9 Å². The number of ether oxygens (including phenoxy) is 1. The molecule has 16 heavy (non-hydrogen) atoms. The fraction of sp³-hybridized carbons (Fsp3) is 0.300. The molecule has 0 fully saturated rings. The Morgan fingerprint density at radius 2 is 2.31 bits per heavy atom. The molecule has 0 aliphatic heterocycles. The average Bonchev–Trinajstić information content (AvgIpc) is 2.73. The fourth-order valence-corrected chi connectivity index (χ4v) is 1.26. The monoisotopic (exact) mass is 219 g/mol. The first-order chi connectivity index (χ1) is 7.78. The van der Waals surface area contributed by atoms with Crippen molar-refractivity contribution >= 4 is 5.82 Å². The molecule has 2 heterocycles. The summed E-state index contributed by atoms with van der Waals surface area (Å²) in [4.78, 5) is 8.32. The van der Waals surface area contributed by atoms with Crippen LogP contribution >= 0.6 is 0 Å². The van der Waals surface area contributed by atoms with Crippen molar-refractivity contribution in [2.45, 2.75) is 6.54 Å². The number of hydrogen-bond donors (Lipinski definition) is 1. The predicted molar refractivity (Wildman–Crippen MR) is 59.1 cm³/mol. The number of pyridine rings is 1. The number of rotatable bonds is 4. The van der Waals surface area contributed by atoms with E-state index in [0.717, 1.165) is 11.6 Å². The van der Waals surface area contributed by atoms with Crippen LogP contribution in [0.2, 0.25) is 0 Å². The van der Waals surface area contributed by atoms with Crippen molar-refractivity contribution in [2.24, 2.45) is 7.05 Å². The van der Waals surface area contributed by atoms with Gasteiger partial charge in [0, 0.05) is 13.1 Å². The first-order valence-corrected chi connectivity index (χ1v) is 4.87. The van der Waals surface area contributed by atoms with Crippen molar-refractivity contribution in [3.8, 4) is 5.88 Å². The Morgan fingerprint density at radius 1 is 1.44 bits per heavy atom. The van der Waals surface area contributed by atoms with Gasteiger partial charge in [-0.1, -0.05) is 6.07 Å². The van der Waals surface area contributed by atoms with E-state index in [4.69, 9.17) is 4.74 Å². The highest BCUT2D eigenvalue weighted by molar-refractivity contribution is 5.36. The summed E-state index contributed by atoms with van der Waals surface area (Å²) in [7, 11) is 3.42. The second kappa shape index (κ2) is 4.61. The van der Waals surface area contributed by atoms with Gasteiger partial charge in [-0.05, 0) is 6.07 Å². The molecule has 0 aromatic carbocycles. The third-order valence-electron chi connectivity index (χ3n) is 2.01. The maximum Gasteiger partial charge on any atom is 0.214 e. The summed E-state index contributed by atoms with van der Waals surface area (Å²) in [5, 5.41) is 7.27. The van der Waals surface area contributed by atoms with Gasteiger partial charge >= 0.3 is 0 Å². The molecular formula is C10H13N5O. The summed E-state index contributed by atoms with van der Waals surface area (Å²) in [6.45, 7) is 0.543. The molecule has 0 aliphatic carbocycles. The number of aryl methyl sites for hydroxylation is 1. The van der Waals surface area contributed by atoms with Crippen molar-refractivity contribution in [2.75, 3.05) is 12.4 Å². The summed E-state index contributed by atoms with van der Waals surface area (Å²) in [6.07, 6.45) is 1.66. The molecule has 0 radical (unpaired) electrons. The minimum absolute atomic E-state index is 0.543. The molecule has 0 bridgehead atoms. The van der Waals surface area contributed by atoms with E-state index in [1.807, 2.05) is 19.2 Å². The quantitative estimate of drug-likeness (QED) is 0.825. The van der Waals surface area contributed by atoms with E-state index in [-0.39, 0.29) is 0 Å². The molecule has 0 aliphatic rings. The zero-order valence-corrected chi connectivity index (χ0v) is 9.21. The molecule has 0 spiro atoms. The third-order valence-corrected chi connectivity index (χ3v) is 2.01. The highest BCUT2D eigenvalue weighted by Gasteiger charge is 2.00. The number of hydrogen-bond acceptors (Lipinski definition) is 5. The minimum atomic E-state index is 0.543. The third kappa shape index (κ3) is 2.47. The van der Waals surface area contributed by atoms with E-state index in [1.165, 1.54) is 0 Å². The van der Waals surface area contributed by atoms with Gasteiger partial charge in [0.1, 0.15) is 12.1 Å². The van der Waals surface area contributed by atoms with Gasteiger partial charge < -0.3 is 10.1 Å². The molecule has 2 aromatic heterocycles. The lowest BCUT2D eigenvalue weighted by Crippen LogP contribution is -2.04. The largest absolute Gasteiger partial charge is 0.481 e. The van der Waals surface area contributed by atoms with Gasteiger partial charge in [-0.2, -0.15) is 10.1 Å². The molecule has 6 nitrogen and oxygen atoms in total. The SMILES string of the molecule is COc1cccc(NCc2ncn(C)n2)n1. The summed E-state index contributed by atoms with van der Waals surface area (Å²) >= 11 is 0. The Bertz CT molecular complexity index is 468. The molecule has 0 saturated carbocycles. The van der Waals surface area contributed by atoms with Crippen molar-refractivity contribution < 1.29 is 4.74 Å². The van der Waals surface area contributed by atoms with Crippen molar-refractivity contribution in [3.05, 3.63) is 30.4 Å². The maximum atomic E-state index is 5.02. The van der Waals surface area contributed by atoms with Crippen LogP contribution in [0.25, 0.3) is 0 Å². The molecule has 2 rings (SSSR count). The first kappa shape index (κ1) is 10.4. The average molecular weight is 219 g/mol. The van der Waals surface area contributed by atoms with Crippen LogP contribution in [-0.4, -0.2) is 26.9 Å². The van der Waals surface area contributed by atoms with Gasteiger partial charge in [0.15, 0.2) is 5.82 Å². The second-order valence-corrected chi connectivity index (χ2v) is 3.25. The Labute approximate surface area is 93.3 Å². The van der Waals surface area contributed by atoms with Gasteiger partial charge in [-0.25, -0.2) is 4.98 Å². The van der Waals surface area contributed by atoms with Gasteiger partial charge in [0.2, 0.25) is 5.88 Å². The first-order valence-electron chi connectivity index (χ1n) is 4.87. The lowest BCUT2D eigenvalue weighted by Gasteiger charge is -2.04. The number of anilines is 1. The molecule has 0 atom stereocenters. The molecule has 1 N–H and O–H groups in total. The van der Waals surface area contributed by atoms with Gasteiger partial charge in [0.05, 0.1) is 13.7 Å². The Morgan fingerprint density at radius 3 is 3.00 bits per heavy atom. The Kier molecular flexibility index (Phi) is 3.00. The van der Waals surface area contributed by atoms with Gasteiger partial charge in [-0.15, -0.1) is 0 Å². The standard InChI is InChI=1S/C10H13N5O/c1-15-7-12-9(14-15)6-11-8-4-3-5-10(13-8)16-2/h3-5,7H,6H2,1-2H3,(H,11,13). The fourth-order valence-electron chi connectivity index (χ4n) is 1.26. The minimum Gasteiger partial charge on any atom is -0.481 e. The van der Waals surface area contributed by atoms with Crippen LogP contribution < -0.4 is 10.1 Å². The van der Waals surface area contributed by atoms with Crippen LogP contribution in [0.4, 0.5) is 5.82 Å². The molecule has 6 heteroatoms. The normalized spacial score (nSPS) is 10.1. The zero-order chi connectivity index (χ0) is 11.4. The molecule has 84 valence electrons. The van der Waals surface area contributed by atoms with E-state index in [2.05, 4.69) is 20.4 Å². The van der Waals surface area contributed by atoms with Crippen LogP contribution in [-0.2, 0) is 13.6 Å². The highest BCUT2D eigenvalue weighted by Crippen LogP contribution is 2.10. The van der Waals surface area contributed by atoms with Gasteiger partial charge in [0.25, 0.3) is 0 Å². The molecule has 0 saturated heterocycles. The predicted octanol–water partition coefficient (Wildman–Crippen LogP) is 0.831. The summed E-state index contributed by atoms with van der Waals surface area (Å²) in [6, 6.07) is 5.54. The van der Waals surface area contributed by atoms with E-state index in [1.54, 1.807) is 24.2 Å². The van der Waals surface area contributed by atoms with Crippen LogP contribution in [0.1, 0.15) is 5.82 Å². The maximum absolute atomic E-state index is 5.02. The van der Waals surface area contributed by atoms with E-state index in [0.29, 0.717) is 12.4 Å². The number of nitrogens with zero attached hydrogens (tertiary/aromatic N) is 4. The second-order valence-electron chi connectivity index (χ2n) is 3.25. The molecule has 0 unspecified atom stereocenters. The van der Waals surface area contributed by atoms with Crippen molar-refractivity contribution in [3.63, 3.8) is 0 Å². The lowest BCUT2D eigenvalue weighted by atomic mass is 10.4. The van der Waals surface area contributed by atoms with Crippen LogP contribution in [0.3, 0.4) is 0 Å².